The zero-order valence-electron chi connectivity index (χ0n) is 12.0. The maximum absolute atomic E-state index is 9.44. The summed E-state index contributed by atoms with van der Waals surface area (Å²) in [7, 11) is 4.12. The van der Waals surface area contributed by atoms with Crippen LogP contribution in [0, 0.1) is 0 Å². The fourth-order valence-corrected chi connectivity index (χ4v) is 2.50. The Morgan fingerprint density at radius 2 is 2.12 bits per heavy atom. The molecule has 1 aliphatic heterocycles. The number of piperazine rings is 1. The van der Waals surface area contributed by atoms with E-state index in [0.717, 1.165) is 26.1 Å². The van der Waals surface area contributed by atoms with E-state index in [0.29, 0.717) is 12.1 Å². The largest absolute Gasteiger partial charge is 0.394 e. The summed E-state index contributed by atoms with van der Waals surface area (Å²) in [6.45, 7) is 10.2. The van der Waals surface area contributed by atoms with Gasteiger partial charge in [-0.3, -0.25) is 4.90 Å². The van der Waals surface area contributed by atoms with Crippen LogP contribution in [0.4, 0.5) is 0 Å². The predicted octanol–water partition coefficient (Wildman–Crippen LogP) is 0.371. The highest BCUT2D eigenvalue weighted by Crippen LogP contribution is 2.18. The zero-order chi connectivity index (χ0) is 13.1. The molecule has 3 unspecified atom stereocenters. The van der Waals surface area contributed by atoms with Crippen molar-refractivity contribution in [2.75, 3.05) is 40.3 Å². The first-order valence-electron chi connectivity index (χ1n) is 6.66. The third-order valence-corrected chi connectivity index (χ3v) is 4.31. The van der Waals surface area contributed by atoms with E-state index in [9.17, 15) is 5.11 Å². The predicted molar refractivity (Wildman–Crippen MR) is 72.3 cm³/mol. The van der Waals surface area contributed by atoms with Crippen LogP contribution in [0.25, 0.3) is 0 Å². The van der Waals surface area contributed by atoms with E-state index in [1.807, 2.05) is 7.05 Å². The minimum Gasteiger partial charge on any atom is -0.394 e. The van der Waals surface area contributed by atoms with Crippen molar-refractivity contribution in [3.05, 3.63) is 0 Å². The van der Waals surface area contributed by atoms with Gasteiger partial charge in [-0.2, -0.15) is 0 Å². The fourth-order valence-electron chi connectivity index (χ4n) is 2.50. The monoisotopic (exact) mass is 243 g/mol. The number of aliphatic hydroxyl groups excluding tert-OH is 1. The lowest BCUT2D eigenvalue weighted by atomic mass is 9.93. The SMILES string of the molecule is CNC(C)(CO)CC(C)N1CCN(C)C(C)C1. The van der Waals surface area contributed by atoms with Crippen LogP contribution < -0.4 is 5.32 Å². The Morgan fingerprint density at radius 1 is 1.47 bits per heavy atom. The molecule has 0 saturated carbocycles. The van der Waals surface area contributed by atoms with Gasteiger partial charge in [-0.15, -0.1) is 0 Å². The minimum absolute atomic E-state index is 0.161. The summed E-state index contributed by atoms with van der Waals surface area (Å²) in [6.07, 6.45) is 0.983. The second kappa shape index (κ2) is 6.14. The van der Waals surface area contributed by atoms with Gasteiger partial charge in [0.05, 0.1) is 6.61 Å². The lowest BCUT2D eigenvalue weighted by Gasteiger charge is -2.43. The summed E-state index contributed by atoms with van der Waals surface area (Å²) in [5.74, 6) is 0. The quantitative estimate of drug-likeness (QED) is 0.732. The second-order valence-corrected chi connectivity index (χ2v) is 5.85. The Balaban J connectivity index is 2.50. The maximum atomic E-state index is 9.44. The zero-order valence-corrected chi connectivity index (χ0v) is 12.0. The molecule has 4 nitrogen and oxygen atoms in total. The highest BCUT2D eigenvalue weighted by Gasteiger charge is 2.29. The van der Waals surface area contributed by atoms with Gasteiger partial charge in [-0.05, 0) is 41.3 Å². The Bertz CT molecular complexity index is 231. The third-order valence-electron chi connectivity index (χ3n) is 4.31. The number of likely N-dealkylation sites (N-methyl/N-ethyl adjacent to an activating group) is 2. The normalized spacial score (nSPS) is 28.9. The van der Waals surface area contributed by atoms with Crippen molar-refractivity contribution in [2.45, 2.75) is 44.8 Å². The summed E-state index contributed by atoms with van der Waals surface area (Å²) < 4.78 is 0. The molecular weight excluding hydrogens is 214 g/mol. The van der Waals surface area contributed by atoms with Crippen molar-refractivity contribution >= 4 is 0 Å². The van der Waals surface area contributed by atoms with E-state index in [4.69, 9.17) is 0 Å². The molecule has 0 bridgehead atoms. The molecule has 0 aromatic rings. The molecule has 17 heavy (non-hydrogen) atoms. The van der Waals surface area contributed by atoms with Crippen molar-refractivity contribution in [3.63, 3.8) is 0 Å². The smallest absolute Gasteiger partial charge is 0.0611 e. The summed E-state index contributed by atoms with van der Waals surface area (Å²) in [6, 6.07) is 1.14. The molecule has 1 rings (SSSR count). The van der Waals surface area contributed by atoms with Crippen molar-refractivity contribution in [3.8, 4) is 0 Å². The van der Waals surface area contributed by atoms with E-state index in [2.05, 4.69) is 42.9 Å². The molecule has 2 N–H and O–H groups in total. The standard InChI is InChI=1S/C13H29N3O/c1-11(8-13(3,10-17)14-4)16-7-6-15(5)12(2)9-16/h11-12,14,17H,6-10H2,1-5H3. The lowest BCUT2D eigenvalue weighted by Crippen LogP contribution is -2.55. The third kappa shape index (κ3) is 3.91. The molecule has 1 saturated heterocycles. The molecule has 4 heteroatoms. The number of hydrogen-bond donors (Lipinski definition) is 2. The van der Waals surface area contributed by atoms with Crippen LogP contribution in [0.5, 0.6) is 0 Å². The van der Waals surface area contributed by atoms with Crippen molar-refractivity contribution in [2.24, 2.45) is 0 Å². The summed E-state index contributed by atoms with van der Waals surface area (Å²) in [5, 5.41) is 12.7. The van der Waals surface area contributed by atoms with Gasteiger partial charge in [0, 0.05) is 37.3 Å². The van der Waals surface area contributed by atoms with Crippen molar-refractivity contribution < 1.29 is 5.11 Å². The summed E-state index contributed by atoms with van der Waals surface area (Å²) >= 11 is 0. The molecule has 3 atom stereocenters. The average molecular weight is 243 g/mol. The Labute approximate surface area is 106 Å². The highest BCUT2D eigenvalue weighted by molar-refractivity contribution is 4.88. The highest BCUT2D eigenvalue weighted by atomic mass is 16.3. The van der Waals surface area contributed by atoms with Gasteiger partial charge < -0.3 is 15.3 Å². The molecule has 0 amide bonds. The fraction of sp³-hybridized carbons (Fsp3) is 1.00. The van der Waals surface area contributed by atoms with Crippen molar-refractivity contribution in [1.29, 1.82) is 0 Å². The minimum atomic E-state index is -0.161. The van der Waals surface area contributed by atoms with Crippen LogP contribution >= 0.6 is 0 Å². The summed E-state index contributed by atoms with van der Waals surface area (Å²) in [4.78, 5) is 4.95. The molecule has 1 fully saturated rings. The number of nitrogens with zero attached hydrogens (tertiary/aromatic N) is 2. The van der Waals surface area contributed by atoms with Gasteiger partial charge in [0.1, 0.15) is 0 Å². The van der Waals surface area contributed by atoms with E-state index in [1.165, 1.54) is 0 Å². The molecule has 0 radical (unpaired) electrons. The first-order chi connectivity index (χ1) is 7.91. The van der Waals surface area contributed by atoms with Crippen LogP contribution in [0.1, 0.15) is 27.2 Å². The number of rotatable bonds is 5. The Hall–Kier alpha value is -0.160. The van der Waals surface area contributed by atoms with Gasteiger partial charge in [0.25, 0.3) is 0 Å². The molecule has 0 spiro atoms. The van der Waals surface area contributed by atoms with Crippen LogP contribution in [0.15, 0.2) is 0 Å². The van der Waals surface area contributed by atoms with Gasteiger partial charge in [-0.1, -0.05) is 0 Å². The number of hydrogen-bond acceptors (Lipinski definition) is 4. The first-order valence-corrected chi connectivity index (χ1v) is 6.66. The molecule has 0 aromatic carbocycles. The van der Waals surface area contributed by atoms with Crippen LogP contribution in [-0.2, 0) is 0 Å². The van der Waals surface area contributed by atoms with E-state index < -0.39 is 0 Å². The van der Waals surface area contributed by atoms with E-state index in [-0.39, 0.29) is 12.1 Å². The molecule has 0 aromatic heterocycles. The van der Waals surface area contributed by atoms with Gasteiger partial charge >= 0.3 is 0 Å². The Morgan fingerprint density at radius 3 is 2.59 bits per heavy atom. The molecular formula is C13H29N3O. The average Bonchev–Trinajstić information content (AvgIpc) is 2.32. The topological polar surface area (TPSA) is 38.7 Å². The maximum Gasteiger partial charge on any atom is 0.0611 e. The Kier molecular flexibility index (Phi) is 5.38. The van der Waals surface area contributed by atoms with Gasteiger partial charge in [0.15, 0.2) is 0 Å². The van der Waals surface area contributed by atoms with E-state index in [1.54, 1.807) is 0 Å². The summed E-state index contributed by atoms with van der Waals surface area (Å²) in [5.41, 5.74) is -0.161. The lowest BCUT2D eigenvalue weighted by molar-refractivity contribution is 0.0557. The second-order valence-electron chi connectivity index (χ2n) is 5.85. The number of aliphatic hydroxyl groups is 1. The number of nitrogens with one attached hydrogen (secondary N) is 1. The van der Waals surface area contributed by atoms with Crippen molar-refractivity contribution in [1.82, 2.24) is 15.1 Å². The van der Waals surface area contributed by atoms with Gasteiger partial charge in [0.2, 0.25) is 0 Å². The molecule has 1 aliphatic rings. The van der Waals surface area contributed by atoms with E-state index >= 15 is 0 Å². The molecule has 0 aliphatic carbocycles. The van der Waals surface area contributed by atoms with Gasteiger partial charge in [-0.25, -0.2) is 0 Å². The molecule has 1 heterocycles. The van der Waals surface area contributed by atoms with Crippen LogP contribution in [-0.4, -0.2) is 72.9 Å². The van der Waals surface area contributed by atoms with Crippen LogP contribution in [0.2, 0.25) is 0 Å². The first kappa shape index (κ1) is 14.9. The molecule has 102 valence electrons. The van der Waals surface area contributed by atoms with Crippen LogP contribution in [0.3, 0.4) is 0 Å².